The second-order valence-electron chi connectivity index (χ2n) is 6.07. The predicted molar refractivity (Wildman–Crippen MR) is 80.9 cm³/mol. The van der Waals surface area contributed by atoms with Gasteiger partial charge in [-0.05, 0) is 36.0 Å². The van der Waals surface area contributed by atoms with Crippen molar-refractivity contribution in [3.8, 4) is 6.07 Å². The van der Waals surface area contributed by atoms with Gasteiger partial charge in [0, 0.05) is 5.92 Å². The van der Waals surface area contributed by atoms with Crippen LogP contribution in [0.3, 0.4) is 0 Å². The molecule has 0 radical (unpaired) electrons. The first kappa shape index (κ1) is 15.4. The third kappa shape index (κ3) is 2.85. The number of hydrogen-bond donors (Lipinski definition) is 0. The van der Waals surface area contributed by atoms with Gasteiger partial charge in [-0.1, -0.05) is 49.5 Å². The standard InChI is InChI=1S/C16H17Cl2NO/c1-16(2)7-3-4-12(16)15(20)11(9-19)10-5-6-13(17)14(18)8-10/h5-6,8,11-12H,3-4,7H2,1-2H3. The third-order valence-corrected chi connectivity index (χ3v) is 5.03. The lowest BCUT2D eigenvalue weighted by Gasteiger charge is -2.27. The number of carbonyl (C=O) groups is 1. The van der Waals surface area contributed by atoms with Crippen LogP contribution in [0.25, 0.3) is 0 Å². The summed E-state index contributed by atoms with van der Waals surface area (Å²) in [5.74, 6) is -0.804. The van der Waals surface area contributed by atoms with E-state index in [1.807, 2.05) is 0 Å². The number of nitrogens with zero attached hydrogens (tertiary/aromatic N) is 1. The summed E-state index contributed by atoms with van der Waals surface area (Å²) in [6.07, 6.45) is 2.94. The van der Waals surface area contributed by atoms with E-state index in [9.17, 15) is 10.1 Å². The Hall–Kier alpha value is -1.04. The molecular weight excluding hydrogens is 293 g/mol. The quantitative estimate of drug-likeness (QED) is 0.788. The molecule has 4 heteroatoms. The molecule has 0 spiro atoms. The molecule has 1 aromatic rings. The second-order valence-corrected chi connectivity index (χ2v) is 6.89. The summed E-state index contributed by atoms with van der Waals surface area (Å²) in [6, 6.07) is 7.10. The fourth-order valence-electron chi connectivity index (χ4n) is 3.05. The number of halogens is 2. The highest BCUT2D eigenvalue weighted by Gasteiger charge is 2.42. The van der Waals surface area contributed by atoms with Gasteiger partial charge in [-0.15, -0.1) is 0 Å². The molecule has 0 N–H and O–H groups in total. The van der Waals surface area contributed by atoms with E-state index in [0.29, 0.717) is 15.6 Å². The van der Waals surface area contributed by atoms with E-state index in [-0.39, 0.29) is 17.1 Å². The number of ketones is 1. The highest BCUT2D eigenvalue weighted by Crippen LogP contribution is 2.45. The molecule has 0 aromatic heterocycles. The Kier molecular flexibility index (Phi) is 4.42. The number of nitriles is 1. The molecule has 0 heterocycles. The fourth-order valence-corrected chi connectivity index (χ4v) is 3.36. The molecule has 1 aliphatic rings. The molecule has 0 bridgehead atoms. The molecule has 2 unspecified atom stereocenters. The fraction of sp³-hybridized carbons (Fsp3) is 0.500. The summed E-state index contributed by atoms with van der Waals surface area (Å²) in [4.78, 5) is 12.7. The molecule has 1 fully saturated rings. The van der Waals surface area contributed by atoms with Gasteiger partial charge < -0.3 is 0 Å². The molecule has 1 aliphatic carbocycles. The first-order valence-corrected chi connectivity index (χ1v) is 7.50. The largest absolute Gasteiger partial charge is 0.298 e. The maximum absolute atomic E-state index is 12.7. The van der Waals surface area contributed by atoms with Crippen LogP contribution in [0.2, 0.25) is 10.0 Å². The van der Waals surface area contributed by atoms with Gasteiger partial charge in [0.15, 0.2) is 5.78 Å². The maximum Gasteiger partial charge on any atom is 0.158 e. The number of Topliss-reactive ketones (excluding diaryl/α,β-unsaturated/α-hetero) is 1. The SMILES string of the molecule is CC1(C)CCCC1C(=O)C(C#N)c1ccc(Cl)c(Cl)c1. The van der Waals surface area contributed by atoms with Gasteiger partial charge in [0.05, 0.1) is 16.1 Å². The van der Waals surface area contributed by atoms with Crippen molar-refractivity contribution in [2.24, 2.45) is 11.3 Å². The summed E-state index contributed by atoms with van der Waals surface area (Å²) >= 11 is 11.9. The molecule has 2 nitrogen and oxygen atoms in total. The number of rotatable bonds is 3. The van der Waals surface area contributed by atoms with E-state index < -0.39 is 5.92 Å². The van der Waals surface area contributed by atoms with Gasteiger partial charge in [0.25, 0.3) is 0 Å². The molecule has 106 valence electrons. The Morgan fingerprint density at radius 2 is 2.10 bits per heavy atom. The van der Waals surface area contributed by atoms with Gasteiger partial charge in [-0.3, -0.25) is 4.79 Å². The molecule has 0 saturated heterocycles. The average Bonchev–Trinajstić information content (AvgIpc) is 2.74. The Labute approximate surface area is 129 Å². The zero-order valence-corrected chi connectivity index (χ0v) is 13.1. The van der Waals surface area contributed by atoms with Crippen molar-refractivity contribution >= 4 is 29.0 Å². The minimum absolute atomic E-state index is 0.00777. The van der Waals surface area contributed by atoms with Crippen molar-refractivity contribution in [1.29, 1.82) is 5.26 Å². The number of carbonyl (C=O) groups excluding carboxylic acids is 1. The zero-order chi connectivity index (χ0) is 14.9. The number of hydrogen-bond acceptors (Lipinski definition) is 2. The average molecular weight is 310 g/mol. The minimum atomic E-state index is -0.757. The lowest BCUT2D eigenvalue weighted by molar-refractivity contribution is -0.125. The van der Waals surface area contributed by atoms with Crippen LogP contribution >= 0.6 is 23.2 Å². The normalized spacial score (nSPS) is 22.2. The van der Waals surface area contributed by atoms with Crippen molar-refractivity contribution in [3.63, 3.8) is 0 Å². The first-order valence-electron chi connectivity index (χ1n) is 6.75. The first-order chi connectivity index (χ1) is 9.36. The Morgan fingerprint density at radius 1 is 1.40 bits per heavy atom. The molecular formula is C16H17Cl2NO. The van der Waals surface area contributed by atoms with Gasteiger partial charge in [-0.2, -0.15) is 5.26 Å². The lowest BCUT2D eigenvalue weighted by Crippen LogP contribution is -2.29. The van der Waals surface area contributed by atoms with Crippen LogP contribution in [0.1, 0.15) is 44.6 Å². The lowest BCUT2D eigenvalue weighted by atomic mass is 9.75. The van der Waals surface area contributed by atoms with Gasteiger partial charge in [0.1, 0.15) is 5.92 Å². The molecule has 2 rings (SSSR count). The van der Waals surface area contributed by atoms with Crippen LogP contribution in [-0.2, 0) is 4.79 Å². The second kappa shape index (κ2) is 5.76. The van der Waals surface area contributed by atoms with Crippen LogP contribution in [0.15, 0.2) is 18.2 Å². The number of benzene rings is 1. The van der Waals surface area contributed by atoms with Crippen molar-refractivity contribution in [3.05, 3.63) is 33.8 Å². The van der Waals surface area contributed by atoms with E-state index in [1.165, 1.54) is 0 Å². The van der Waals surface area contributed by atoms with Crippen LogP contribution in [0.5, 0.6) is 0 Å². The summed E-state index contributed by atoms with van der Waals surface area (Å²) < 4.78 is 0. The molecule has 2 atom stereocenters. The van der Waals surface area contributed by atoms with E-state index >= 15 is 0 Å². The summed E-state index contributed by atoms with van der Waals surface area (Å²) in [5.41, 5.74) is 0.608. The van der Waals surface area contributed by atoms with Crippen molar-refractivity contribution in [2.75, 3.05) is 0 Å². The van der Waals surface area contributed by atoms with E-state index in [0.717, 1.165) is 19.3 Å². The molecule has 0 amide bonds. The highest BCUT2D eigenvalue weighted by atomic mass is 35.5. The van der Waals surface area contributed by atoms with Crippen molar-refractivity contribution in [2.45, 2.75) is 39.0 Å². The van der Waals surface area contributed by atoms with Gasteiger partial charge in [-0.25, -0.2) is 0 Å². The highest BCUT2D eigenvalue weighted by molar-refractivity contribution is 6.42. The predicted octanol–water partition coefficient (Wildman–Crippen LogP) is 5.00. The van der Waals surface area contributed by atoms with E-state index in [2.05, 4.69) is 19.9 Å². The molecule has 1 aromatic carbocycles. The summed E-state index contributed by atoms with van der Waals surface area (Å²) in [5, 5.41) is 10.2. The Bertz CT molecular complexity index is 574. The Morgan fingerprint density at radius 3 is 2.60 bits per heavy atom. The topological polar surface area (TPSA) is 40.9 Å². The van der Waals surface area contributed by atoms with Crippen LogP contribution in [0, 0.1) is 22.7 Å². The minimum Gasteiger partial charge on any atom is -0.298 e. The van der Waals surface area contributed by atoms with E-state index in [1.54, 1.807) is 18.2 Å². The maximum atomic E-state index is 12.7. The van der Waals surface area contributed by atoms with Gasteiger partial charge in [0.2, 0.25) is 0 Å². The third-order valence-electron chi connectivity index (χ3n) is 4.29. The van der Waals surface area contributed by atoms with Crippen LogP contribution < -0.4 is 0 Å². The summed E-state index contributed by atoms with van der Waals surface area (Å²) in [6.45, 7) is 4.21. The molecule has 0 aliphatic heterocycles. The van der Waals surface area contributed by atoms with Crippen molar-refractivity contribution in [1.82, 2.24) is 0 Å². The Balaban J connectivity index is 2.31. The van der Waals surface area contributed by atoms with Gasteiger partial charge >= 0.3 is 0 Å². The molecule has 20 heavy (non-hydrogen) atoms. The molecule has 1 saturated carbocycles. The van der Waals surface area contributed by atoms with Crippen molar-refractivity contribution < 1.29 is 4.79 Å². The van der Waals surface area contributed by atoms with E-state index in [4.69, 9.17) is 23.2 Å². The zero-order valence-electron chi connectivity index (χ0n) is 11.6. The monoisotopic (exact) mass is 309 g/mol. The summed E-state index contributed by atoms with van der Waals surface area (Å²) in [7, 11) is 0. The van der Waals surface area contributed by atoms with Crippen LogP contribution in [-0.4, -0.2) is 5.78 Å². The van der Waals surface area contributed by atoms with Crippen LogP contribution in [0.4, 0.5) is 0 Å². The smallest absolute Gasteiger partial charge is 0.158 e.